The Morgan fingerprint density at radius 3 is 2.75 bits per heavy atom. The summed E-state index contributed by atoms with van der Waals surface area (Å²) in [4.78, 5) is 4.31. The van der Waals surface area contributed by atoms with Crippen molar-refractivity contribution in [1.82, 2.24) is 20.0 Å². The first-order valence-corrected chi connectivity index (χ1v) is 6.00. The molecule has 4 nitrogen and oxygen atoms in total. The largest absolute Gasteiger partial charge is 0.235 e. The van der Waals surface area contributed by atoms with Gasteiger partial charge in [-0.05, 0) is 30.9 Å². The first-order valence-electron chi connectivity index (χ1n) is 6.00. The van der Waals surface area contributed by atoms with Gasteiger partial charge >= 0.3 is 0 Å². The molecule has 3 rings (SSSR count). The van der Waals surface area contributed by atoms with E-state index < -0.39 is 0 Å². The van der Waals surface area contributed by atoms with Crippen LogP contribution >= 0.6 is 0 Å². The van der Waals surface area contributed by atoms with Crippen molar-refractivity contribution >= 4 is 11.2 Å². The second kappa shape index (κ2) is 4.60. The van der Waals surface area contributed by atoms with E-state index in [1.165, 1.54) is 12.8 Å². The molecular formula is C12H18N4. The highest BCUT2D eigenvalue weighted by Crippen LogP contribution is 2.37. The number of nitrogens with zero attached hydrogens (tertiary/aromatic N) is 4. The maximum atomic E-state index is 4.31. The van der Waals surface area contributed by atoms with Gasteiger partial charge in [0.25, 0.3) is 0 Å². The van der Waals surface area contributed by atoms with E-state index in [0.29, 0.717) is 6.04 Å². The van der Waals surface area contributed by atoms with Crippen LogP contribution in [-0.2, 0) is 0 Å². The minimum absolute atomic E-state index is 0.518. The van der Waals surface area contributed by atoms with Crippen molar-refractivity contribution in [2.45, 2.75) is 39.7 Å². The van der Waals surface area contributed by atoms with Gasteiger partial charge in [-0.2, -0.15) is 0 Å². The third kappa shape index (κ3) is 1.79. The van der Waals surface area contributed by atoms with Gasteiger partial charge in [-0.15, -0.1) is 5.10 Å². The molecule has 0 unspecified atom stereocenters. The van der Waals surface area contributed by atoms with Crippen LogP contribution in [0.25, 0.3) is 11.2 Å². The zero-order chi connectivity index (χ0) is 11.5. The van der Waals surface area contributed by atoms with E-state index in [1.54, 1.807) is 6.20 Å². The fraction of sp³-hybridized carbons (Fsp3) is 0.583. The van der Waals surface area contributed by atoms with Gasteiger partial charge in [0, 0.05) is 6.20 Å². The molecule has 0 amide bonds. The molecule has 0 atom stereocenters. The standard InChI is InChI=1S/C10H12N4.C2H6/c1-7-5-8(6-7)14-10-9(12-13-14)3-2-4-11-10;1-2/h2-4,7-8H,5-6H2,1H3;1-2H3. The van der Waals surface area contributed by atoms with E-state index in [2.05, 4.69) is 22.2 Å². The Balaban J connectivity index is 0.000000457. The van der Waals surface area contributed by atoms with E-state index in [0.717, 1.165) is 17.1 Å². The molecule has 86 valence electrons. The molecule has 0 saturated heterocycles. The molecule has 4 heteroatoms. The van der Waals surface area contributed by atoms with Crippen molar-refractivity contribution in [3.63, 3.8) is 0 Å². The minimum Gasteiger partial charge on any atom is -0.235 e. The first-order chi connectivity index (χ1) is 7.84. The highest BCUT2D eigenvalue weighted by molar-refractivity contribution is 5.68. The van der Waals surface area contributed by atoms with Crippen molar-refractivity contribution in [2.75, 3.05) is 0 Å². The van der Waals surface area contributed by atoms with Crippen LogP contribution in [-0.4, -0.2) is 20.0 Å². The Morgan fingerprint density at radius 1 is 1.31 bits per heavy atom. The zero-order valence-electron chi connectivity index (χ0n) is 10.1. The van der Waals surface area contributed by atoms with Crippen LogP contribution in [0.15, 0.2) is 18.3 Å². The fourth-order valence-corrected chi connectivity index (χ4v) is 2.09. The summed E-state index contributed by atoms with van der Waals surface area (Å²) in [6.07, 6.45) is 4.20. The van der Waals surface area contributed by atoms with E-state index in [9.17, 15) is 0 Å². The number of fused-ring (bicyclic) bond motifs is 1. The van der Waals surface area contributed by atoms with Gasteiger partial charge in [-0.3, -0.25) is 0 Å². The van der Waals surface area contributed by atoms with Gasteiger partial charge in [0.2, 0.25) is 0 Å². The molecule has 2 aromatic rings. The molecule has 0 aliphatic heterocycles. The lowest BCUT2D eigenvalue weighted by Crippen LogP contribution is -2.25. The minimum atomic E-state index is 0.518. The van der Waals surface area contributed by atoms with Crippen LogP contribution in [0, 0.1) is 5.92 Å². The maximum absolute atomic E-state index is 4.31. The summed E-state index contributed by atoms with van der Waals surface area (Å²) in [5.74, 6) is 0.822. The Labute approximate surface area is 95.7 Å². The molecule has 0 bridgehead atoms. The fourth-order valence-electron chi connectivity index (χ4n) is 2.09. The molecule has 1 aliphatic rings. The van der Waals surface area contributed by atoms with E-state index in [-0.39, 0.29) is 0 Å². The summed E-state index contributed by atoms with van der Waals surface area (Å²) in [7, 11) is 0. The summed E-state index contributed by atoms with van der Waals surface area (Å²) in [5, 5.41) is 8.25. The van der Waals surface area contributed by atoms with Gasteiger partial charge in [0.05, 0.1) is 6.04 Å². The van der Waals surface area contributed by atoms with Crippen molar-refractivity contribution in [3.8, 4) is 0 Å². The van der Waals surface area contributed by atoms with Gasteiger partial charge in [-0.25, -0.2) is 9.67 Å². The first kappa shape index (κ1) is 11.0. The molecule has 1 fully saturated rings. The predicted octanol–water partition coefficient (Wildman–Crippen LogP) is 2.82. The number of aromatic nitrogens is 4. The van der Waals surface area contributed by atoms with Gasteiger partial charge < -0.3 is 0 Å². The highest BCUT2D eigenvalue weighted by atomic mass is 15.5. The highest BCUT2D eigenvalue weighted by Gasteiger charge is 2.29. The molecule has 0 aromatic carbocycles. The number of rotatable bonds is 1. The molecule has 2 aromatic heterocycles. The van der Waals surface area contributed by atoms with E-state index in [4.69, 9.17) is 0 Å². The van der Waals surface area contributed by atoms with Crippen molar-refractivity contribution < 1.29 is 0 Å². The van der Waals surface area contributed by atoms with Crippen LogP contribution < -0.4 is 0 Å². The van der Waals surface area contributed by atoms with Crippen molar-refractivity contribution in [3.05, 3.63) is 18.3 Å². The molecule has 1 aliphatic carbocycles. The summed E-state index contributed by atoms with van der Waals surface area (Å²) in [6.45, 7) is 6.27. The monoisotopic (exact) mass is 218 g/mol. The second-order valence-corrected chi connectivity index (χ2v) is 4.11. The summed E-state index contributed by atoms with van der Waals surface area (Å²) >= 11 is 0. The second-order valence-electron chi connectivity index (χ2n) is 4.11. The smallest absolute Gasteiger partial charge is 0.178 e. The third-order valence-electron chi connectivity index (χ3n) is 2.93. The Kier molecular flexibility index (Phi) is 3.17. The molecule has 1 saturated carbocycles. The van der Waals surface area contributed by atoms with E-state index >= 15 is 0 Å². The molecular weight excluding hydrogens is 200 g/mol. The summed E-state index contributed by atoms with van der Waals surface area (Å²) < 4.78 is 1.97. The van der Waals surface area contributed by atoms with Crippen LogP contribution in [0.3, 0.4) is 0 Å². The normalized spacial score (nSPS) is 23.4. The molecule has 0 radical (unpaired) electrons. The molecule has 0 N–H and O–H groups in total. The topological polar surface area (TPSA) is 43.6 Å². The van der Waals surface area contributed by atoms with Crippen LogP contribution in [0.1, 0.15) is 39.7 Å². The van der Waals surface area contributed by atoms with Crippen molar-refractivity contribution in [2.24, 2.45) is 5.92 Å². The Bertz CT molecular complexity index is 457. The Morgan fingerprint density at radius 2 is 2.06 bits per heavy atom. The predicted molar refractivity (Wildman–Crippen MR) is 64.1 cm³/mol. The number of pyridine rings is 1. The number of hydrogen-bond donors (Lipinski definition) is 0. The van der Waals surface area contributed by atoms with E-state index in [1.807, 2.05) is 30.7 Å². The lowest BCUT2D eigenvalue weighted by atomic mass is 9.82. The summed E-state index contributed by atoms with van der Waals surface area (Å²) in [5.41, 5.74) is 1.82. The third-order valence-corrected chi connectivity index (χ3v) is 2.93. The Hall–Kier alpha value is -1.45. The lowest BCUT2D eigenvalue weighted by Gasteiger charge is -2.32. The molecule has 2 heterocycles. The average Bonchev–Trinajstić information content (AvgIpc) is 2.71. The van der Waals surface area contributed by atoms with Gasteiger partial charge in [-0.1, -0.05) is 26.0 Å². The lowest BCUT2D eigenvalue weighted by molar-refractivity contribution is 0.202. The quantitative estimate of drug-likeness (QED) is 0.739. The molecule has 16 heavy (non-hydrogen) atoms. The van der Waals surface area contributed by atoms with Gasteiger partial charge in [0.1, 0.15) is 5.52 Å². The molecule has 0 spiro atoms. The maximum Gasteiger partial charge on any atom is 0.178 e. The van der Waals surface area contributed by atoms with Crippen LogP contribution in [0.2, 0.25) is 0 Å². The number of hydrogen-bond acceptors (Lipinski definition) is 3. The van der Waals surface area contributed by atoms with Crippen LogP contribution in [0.5, 0.6) is 0 Å². The zero-order valence-corrected chi connectivity index (χ0v) is 10.1. The van der Waals surface area contributed by atoms with Crippen molar-refractivity contribution in [1.29, 1.82) is 0 Å². The van der Waals surface area contributed by atoms with Gasteiger partial charge in [0.15, 0.2) is 5.65 Å². The SMILES string of the molecule is CC.CC1CC(n2nnc3cccnc32)C1. The average molecular weight is 218 g/mol. The van der Waals surface area contributed by atoms with Crippen LogP contribution in [0.4, 0.5) is 0 Å². The summed E-state index contributed by atoms with van der Waals surface area (Å²) in [6, 6.07) is 4.36.